The Morgan fingerprint density at radius 3 is 2.33 bits per heavy atom. The van der Waals surface area contributed by atoms with Crippen molar-refractivity contribution in [2.24, 2.45) is 5.14 Å². The van der Waals surface area contributed by atoms with Gasteiger partial charge in [0.15, 0.2) is 0 Å². The van der Waals surface area contributed by atoms with Gasteiger partial charge in [-0.25, -0.2) is 22.1 Å². The molecule has 0 radical (unpaired) electrons. The van der Waals surface area contributed by atoms with E-state index in [2.05, 4.69) is 0 Å². The van der Waals surface area contributed by atoms with Crippen LogP contribution in [0.4, 0.5) is 5.69 Å². The number of halogens is 1. The second kappa shape index (κ2) is 7.45. The van der Waals surface area contributed by atoms with Crippen LogP contribution in [-0.2, 0) is 21.3 Å². The second-order valence-corrected chi connectivity index (χ2v) is 7.71. The predicted molar refractivity (Wildman–Crippen MR) is 96.2 cm³/mol. The van der Waals surface area contributed by atoms with Crippen LogP contribution in [0.5, 0.6) is 0 Å². The van der Waals surface area contributed by atoms with E-state index in [-0.39, 0.29) is 10.6 Å². The number of anilines is 1. The van der Waals surface area contributed by atoms with Gasteiger partial charge in [0, 0.05) is 11.2 Å². The van der Waals surface area contributed by atoms with Crippen molar-refractivity contribution in [2.45, 2.75) is 11.8 Å². The first-order chi connectivity index (χ1) is 11.2. The van der Waals surface area contributed by atoms with Crippen molar-refractivity contribution in [3.8, 4) is 0 Å². The number of primary sulfonamides is 1. The van der Waals surface area contributed by atoms with Gasteiger partial charge in [-0.3, -0.25) is 4.55 Å². The molecular weight excluding hydrogens is 372 g/mol. The van der Waals surface area contributed by atoms with Crippen LogP contribution in [0.3, 0.4) is 0 Å². The highest BCUT2D eigenvalue weighted by molar-refractivity contribution is 7.89. The molecule has 0 aliphatic heterocycles. The zero-order chi connectivity index (χ0) is 17.9. The Labute approximate surface area is 148 Å². The molecule has 0 saturated heterocycles. The van der Waals surface area contributed by atoms with Gasteiger partial charge in [0.2, 0.25) is 10.0 Å². The van der Waals surface area contributed by atoms with Gasteiger partial charge in [0.25, 0.3) is 11.3 Å². The first-order valence-electron chi connectivity index (χ1n) is 6.66. The molecular formula is C15H15ClN2O4S2. The number of sulfonamides is 1. The smallest absolute Gasteiger partial charge is 0.266 e. The maximum atomic E-state index is 11.7. The Morgan fingerprint density at radius 1 is 1.21 bits per heavy atom. The molecule has 0 saturated carbocycles. The minimum atomic E-state index is -4.05. The summed E-state index contributed by atoms with van der Waals surface area (Å²) in [5.74, 6) is 0. The standard InChI is InChI=1S/C15H15ClN2O4S2/c1-11(12-6-8-13(16)9-7-12)10-18(23(19)20)14-4-2-3-5-15(14)24(17,21)22/h2-10H,1H3,(H,19,20)(H2,17,21,22). The number of hydrogen-bond donors (Lipinski definition) is 2. The minimum absolute atomic E-state index is 0.00847. The average molecular weight is 387 g/mol. The number of para-hydroxylation sites is 1. The van der Waals surface area contributed by atoms with Gasteiger partial charge in [0.1, 0.15) is 4.90 Å². The van der Waals surface area contributed by atoms with E-state index in [9.17, 15) is 17.2 Å². The SMILES string of the molecule is CC(=CN(c1ccccc1S(N)(=O)=O)S(=O)O)c1ccc(Cl)cc1. The third-order valence-corrected chi connectivity index (χ3v) is 5.04. The molecule has 1 unspecified atom stereocenters. The molecule has 2 rings (SSSR count). The summed E-state index contributed by atoms with van der Waals surface area (Å²) in [4.78, 5) is -0.243. The van der Waals surface area contributed by atoms with Gasteiger partial charge in [0.05, 0.1) is 5.69 Å². The first-order valence-corrected chi connectivity index (χ1v) is 9.65. The van der Waals surface area contributed by atoms with Gasteiger partial charge < -0.3 is 0 Å². The highest BCUT2D eigenvalue weighted by Crippen LogP contribution is 2.27. The Hall–Kier alpha value is -1.71. The second-order valence-electron chi connectivity index (χ2n) is 4.89. The van der Waals surface area contributed by atoms with Crippen LogP contribution in [0.1, 0.15) is 12.5 Å². The van der Waals surface area contributed by atoms with Crippen molar-refractivity contribution in [3.63, 3.8) is 0 Å². The lowest BCUT2D eigenvalue weighted by molar-refractivity contribution is 0.564. The van der Waals surface area contributed by atoms with E-state index in [4.69, 9.17) is 16.7 Å². The summed E-state index contributed by atoms with van der Waals surface area (Å²) >= 11 is 3.35. The molecule has 6 nitrogen and oxygen atoms in total. The summed E-state index contributed by atoms with van der Waals surface area (Å²) in [5, 5.41) is 5.75. The highest BCUT2D eigenvalue weighted by atomic mass is 35.5. The molecule has 9 heteroatoms. The van der Waals surface area contributed by atoms with Crippen LogP contribution < -0.4 is 9.44 Å². The quantitative estimate of drug-likeness (QED) is 0.771. The number of rotatable bonds is 5. The molecule has 2 aromatic carbocycles. The molecule has 0 bridgehead atoms. The molecule has 128 valence electrons. The van der Waals surface area contributed by atoms with Crippen LogP contribution in [0.15, 0.2) is 59.6 Å². The van der Waals surface area contributed by atoms with Crippen molar-refractivity contribution in [1.82, 2.24) is 0 Å². The van der Waals surface area contributed by atoms with Gasteiger partial charge in [-0.15, -0.1) is 0 Å². The van der Waals surface area contributed by atoms with Crippen molar-refractivity contribution in [3.05, 3.63) is 65.3 Å². The molecule has 3 N–H and O–H groups in total. The maximum Gasteiger partial charge on any atom is 0.266 e. The molecule has 1 atom stereocenters. The number of nitrogens with two attached hydrogens (primary N) is 1. The maximum absolute atomic E-state index is 11.7. The summed E-state index contributed by atoms with van der Waals surface area (Å²) in [6.45, 7) is 1.72. The lowest BCUT2D eigenvalue weighted by Crippen LogP contribution is -2.23. The summed E-state index contributed by atoms with van der Waals surface area (Å²) in [6.07, 6.45) is 1.38. The normalized spacial score (nSPS) is 13.6. The van der Waals surface area contributed by atoms with Crippen molar-refractivity contribution < 1.29 is 17.2 Å². The molecule has 0 aliphatic carbocycles. The highest BCUT2D eigenvalue weighted by Gasteiger charge is 2.20. The molecule has 24 heavy (non-hydrogen) atoms. The Balaban J connectivity index is 2.54. The fourth-order valence-corrected chi connectivity index (χ4v) is 3.53. The fraction of sp³-hybridized carbons (Fsp3) is 0.0667. The predicted octanol–water partition coefficient (Wildman–Crippen LogP) is 2.99. The van der Waals surface area contributed by atoms with Gasteiger partial charge in [-0.05, 0) is 42.3 Å². The van der Waals surface area contributed by atoms with Gasteiger partial charge in [-0.1, -0.05) is 35.9 Å². The minimum Gasteiger partial charge on any atom is -0.289 e. The molecule has 0 aromatic heterocycles. The molecule has 0 heterocycles. The lowest BCUT2D eigenvalue weighted by Gasteiger charge is -2.19. The fourth-order valence-electron chi connectivity index (χ4n) is 2.04. The summed E-state index contributed by atoms with van der Waals surface area (Å²) in [5.41, 5.74) is 1.41. The van der Waals surface area contributed by atoms with Crippen LogP contribution in [0.25, 0.3) is 5.57 Å². The Morgan fingerprint density at radius 2 is 1.79 bits per heavy atom. The lowest BCUT2D eigenvalue weighted by atomic mass is 10.1. The Kier molecular flexibility index (Phi) is 5.79. The third-order valence-electron chi connectivity index (χ3n) is 3.19. The van der Waals surface area contributed by atoms with Crippen molar-refractivity contribution in [2.75, 3.05) is 4.31 Å². The summed E-state index contributed by atoms with van der Waals surface area (Å²) in [6, 6.07) is 12.6. The van der Waals surface area contributed by atoms with Crippen LogP contribution in [0.2, 0.25) is 5.02 Å². The summed E-state index contributed by atoms with van der Waals surface area (Å²) < 4.78 is 45.7. The number of hydrogen-bond acceptors (Lipinski definition) is 3. The van der Waals surface area contributed by atoms with Crippen LogP contribution >= 0.6 is 11.6 Å². The monoisotopic (exact) mass is 386 g/mol. The van der Waals surface area contributed by atoms with E-state index >= 15 is 0 Å². The molecule has 0 spiro atoms. The van der Waals surface area contributed by atoms with Crippen LogP contribution in [0, 0.1) is 0 Å². The van der Waals surface area contributed by atoms with E-state index in [0.29, 0.717) is 10.6 Å². The van der Waals surface area contributed by atoms with E-state index in [1.807, 2.05) is 0 Å². The molecule has 0 aliphatic rings. The molecule has 0 fully saturated rings. The molecule has 2 aromatic rings. The van der Waals surface area contributed by atoms with Gasteiger partial charge in [-0.2, -0.15) is 0 Å². The number of benzene rings is 2. The average Bonchev–Trinajstić information content (AvgIpc) is 2.52. The van der Waals surface area contributed by atoms with Crippen molar-refractivity contribution >= 4 is 44.2 Å². The number of allylic oxidation sites excluding steroid dienone is 1. The van der Waals surface area contributed by atoms with Gasteiger partial charge >= 0.3 is 0 Å². The number of nitrogens with zero attached hydrogens (tertiary/aromatic N) is 1. The topological polar surface area (TPSA) is 101 Å². The molecule has 0 amide bonds. The van der Waals surface area contributed by atoms with E-state index in [1.54, 1.807) is 37.3 Å². The Bertz CT molecular complexity index is 896. The zero-order valence-electron chi connectivity index (χ0n) is 12.6. The van der Waals surface area contributed by atoms with E-state index in [1.165, 1.54) is 24.4 Å². The van der Waals surface area contributed by atoms with E-state index in [0.717, 1.165) is 9.87 Å². The van der Waals surface area contributed by atoms with E-state index < -0.39 is 21.3 Å². The van der Waals surface area contributed by atoms with Crippen LogP contribution in [-0.4, -0.2) is 17.2 Å². The zero-order valence-corrected chi connectivity index (χ0v) is 15.0. The largest absolute Gasteiger partial charge is 0.289 e. The summed E-state index contributed by atoms with van der Waals surface area (Å²) in [7, 11) is -4.05. The first kappa shape index (κ1) is 18.6. The third kappa shape index (κ3) is 4.43. The van der Waals surface area contributed by atoms with Crippen molar-refractivity contribution in [1.29, 1.82) is 0 Å².